The van der Waals surface area contributed by atoms with Crippen LogP contribution in [0.1, 0.15) is 42.2 Å². The fourth-order valence-electron chi connectivity index (χ4n) is 2.49. The number of piperidine rings is 1. The lowest BCUT2D eigenvalue weighted by Crippen LogP contribution is -2.35. The number of carbonyl (C=O) groups excluding carboxylic acids is 1. The average molecular weight is 275 g/mol. The largest absolute Gasteiger partial charge is 0.352 e. The highest BCUT2D eigenvalue weighted by atomic mass is 16.1. The topological polar surface area (TPSA) is 45.2 Å². The first-order valence-electron chi connectivity index (χ1n) is 7.58. The van der Waals surface area contributed by atoms with Crippen molar-refractivity contribution in [2.24, 2.45) is 5.92 Å². The third-order valence-corrected chi connectivity index (χ3v) is 3.99. The van der Waals surface area contributed by atoms with E-state index in [-0.39, 0.29) is 5.91 Å². The van der Waals surface area contributed by atoms with Gasteiger partial charge in [0.05, 0.1) is 5.56 Å². The van der Waals surface area contributed by atoms with Crippen LogP contribution in [-0.2, 0) is 0 Å². The summed E-state index contributed by atoms with van der Waals surface area (Å²) in [5.74, 6) is 0.852. The van der Waals surface area contributed by atoms with E-state index in [1.54, 1.807) is 6.20 Å². The summed E-state index contributed by atoms with van der Waals surface area (Å²) in [6.07, 6.45) is 5.26. The summed E-state index contributed by atoms with van der Waals surface area (Å²) in [6, 6.07) is 3.69. The fourth-order valence-corrected chi connectivity index (χ4v) is 2.49. The van der Waals surface area contributed by atoms with Crippen molar-refractivity contribution in [2.75, 3.05) is 26.2 Å². The number of likely N-dealkylation sites (tertiary alicyclic amines) is 1. The summed E-state index contributed by atoms with van der Waals surface area (Å²) >= 11 is 0. The molecule has 2 heterocycles. The SMILES string of the molecule is Cc1ccc(C(=O)NCCCN2CCC(C)CC2)cn1. The van der Waals surface area contributed by atoms with Crippen LogP contribution in [0.5, 0.6) is 0 Å². The predicted octanol–water partition coefficient (Wildman–Crippen LogP) is 2.24. The molecule has 0 radical (unpaired) electrons. The molecule has 20 heavy (non-hydrogen) atoms. The van der Waals surface area contributed by atoms with Gasteiger partial charge in [0.2, 0.25) is 0 Å². The molecule has 110 valence electrons. The molecule has 1 saturated heterocycles. The van der Waals surface area contributed by atoms with E-state index in [0.29, 0.717) is 5.56 Å². The molecule has 4 nitrogen and oxygen atoms in total. The molecule has 0 atom stereocenters. The number of rotatable bonds is 5. The summed E-state index contributed by atoms with van der Waals surface area (Å²) in [7, 11) is 0. The zero-order valence-electron chi connectivity index (χ0n) is 12.6. The van der Waals surface area contributed by atoms with Crippen LogP contribution in [0.2, 0.25) is 0 Å². The molecule has 1 amide bonds. The fraction of sp³-hybridized carbons (Fsp3) is 0.625. The Labute approximate surface area is 121 Å². The Bertz CT molecular complexity index is 422. The van der Waals surface area contributed by atoms with E-state index in [1.165, 1.54) is 25.9 Å². The number of nitrogens with one attached hydrogen (secondary N) is 1. The van der Waals surface area contributed by atoms with Crippen LogP contribution in [0.15, 0.2) is 18.3 Å². The quantitative estimate of drug-likeness (QED) is 0.838. The number of nitrogens with zero attached hydrogens (tertiary/aromatic N) is 2. The summed E-state index contributed by atoms with van der Waals surface area (Å²) in [5.41, 5.74) is 1.57. The summed E-state index contributed by atoms with van der Waals surface area (Å²) < 4.78 is 0. The van der Waals surface area contributed by atoms with Crippen molar-refractivity contribution in [1.82, 2.24) is 15.2 Å². The van der Waals surface area contributed by atoms with Crippen molar-refractivity contribution in [2.45, 2.75) is 33.1 Å². The van der Waals surface area contributed by atoms with Gasteiger partial charge in [0.25, 0.3) is 5.91 Å². The van der Waals surface area contributed by atoms with Crippen molar-refractivity contribution in [3.05, 3.63) is 29.6 Å². The molecule has 1 fully saturated rings. The normalized spacial score (nSPS) is 17.1. The van der Waals surface area contributed by atoms with Gasteiger partial charge in [-0.25, -0.2) is 0 Å². The van der Waals surface area contributed by atoms with Crippen LogP contribution >= 0.6 is 0 Å². The minimum absolute atomic E-state index is 0.0234. The highest BCUT2D eigenvalue weighted by molar-refractivity contribution is 5.93. The van der Waals surface area contributed by atoms with E-state index < -0.39 is 0 Å². The first-order valence-corrected chi connectivity index (χ1v) is 7.58. The number of amides is 1. The molecule has 2 rings (SSSR count). The second kappa shape index (κ2) is 7.39. The molecule has 1 N–H and O–H groups in total. The van der Waals surface area contributed by atoms with E-state index in [0.717, 1.165) is 31.1 Å². The van der Waals surface area contributed by atoms with Gasteiger partial charge in [-0.1, -0.05) is 6.92 Å². The minimum atomic E-state index is -0.0234. The summed E-state index contributed by atoms with van der Waals surface area (Å²) in [5, 5.41) is 2.96. The number of aromatic nitrogens is 1. The highest BCUT2D eigenvalue weighted by Gasteiger charge is 2.14. The van der Waals surface area contributed by atoms with Gasteiger partial charge in [-0.2, -0.15) is 0 Å². The number of pyridine rings is 1. The van der Waals surface area contributed by atoms with E-state index in [1.807, 2.05) is 19.1 Å². The van der Waals surface area contributed by atoms with Gasteiger partial charge >= 0.3 is 0 Å². The maximum absolute atomic E-state index is 11.9. The van der Waals surface area contributed by atoms with Crippen molar-refractivity contribution >= 4 is 5.91 Å². The highest BCUT2D eigenvalue weighted by Crippen LogP contribution is 2.15. The molecule has 1 aromatic rings. The van der Waals surface area contributed by atoms with E-state index >= 15 is 0 Å². The van der Waals surface area contributed by atoms with Gasteiger partial charge < -0.3 is 10.2 Å². The van der Waals surface area contributed by atoms with Gasteiger partial charge in [0, 0.05) is 18.4 Å². The third-order valence-electron chi connectivity index (χ3n) is 3.99. The Balaban J connectivity index is 1.63. The van der Waals surface area contributed by atoms with Gasteiger partial charge in [-0.05, 0) is 63.9 Å². The van der Waals surface area contributed by atoms with Crippen molar-refractivity contribution in [3.8, 4) is 0 Å². The summed E-state index contributed by atoms with van der Waals surface area (Å²) in [4.78, 5) is 18.5. The Morgan fingerprint density at radius 2 is 2.15 bits per heavy atom. The Kier molecular flexibility index (Phi) is 5.53. The van der Waals surface area contributed by atoms with Gasteiger partial charge in [0.1, 0.15) is 0 Å². The number of aryl methyl sites for hydroxylation is 1. The minimum Gasteiger partial charge on any atom is -0.352 e. The first-order chi connectivity index (χ1) is 9.65. The van der Waals surface area contributed by atoms with Crippen LogP contribution in [0.25, 0.3) is 0 Å². The standard InChI is InChI=1S/C16H25N3O/c1-13-6-10-19(11-7-13)9-3-8-17-16(20)15-5-4-14(2)18-12-15/h4-5,12-13H,3,6-11H2,1-2H3,(H,17,20). The predicted molar refractivity (Wildman–Crippen MR) is 80.8 cm³/mol. The molecular formula is C16H25N3O. The van der Waals surface area contributed by atoms with Crippen LogP contribution in [0.4, 0.5) is 0 Å². The third kappa shape index (κ3) is 4.60. The second-order valence-corrected chi connectivity index (χ2v) is 5.82. The molecule has 4 heteroatoms. The van der Waals surface area contributed by atoms with Gasteiger partial charge in [0.15, 0.2) is 0 Å². The van der Waals surface area contributed by atoms with E-state index in [4.69, 9.17) is 0 Å². The average Bonchev–Trinajstić information content (AvgIpc) is 2.46. The van der Waals surface area contributed by atoms with Crippen molar-refractivity contribution < 1.29 is 4.79 Å². The van der Waals surface area contributed by atoms with Crippen LogP contribution in [-0.4, -0.2) is 42.0 Å². The molecule has 0 saturated carbocycles. The summed E-state index contributed by atoms with van der Waals surface area (Å²) in [6.45, 7) is 8.47. The molecule has 0 bridgehead atoms. The number of carbonyl (C=O) groups is 1. The molecule has 0 aromatic carbocycles. The first kappa shape index (κ1) is 15.0. The number of hydrogen-bond donors (Lipinski definition) is 1. The maximum atomic E-state index is 11.9. The maximum Gasteiger partial charge on any atom is 0.252 e. The Morgan fingerprint density at radius 1 is 1.40 bits per heavy atom. The van der Waals surface area contributed by atoms with Crippen molar-refractivity contribution in [3.63, 3.8) is 0 Å². The van der Waals surface area contributed by atoms with Crippen molar-refractivity contribution in [1.29, 1.82) is 0 Å². The van der Waals surface area contributed by atoms with Gasteiger partial charge in [-0.3, -0.25) is 9.78 Å². The molecule has 1 aromatic heterocycles. The monoisotopic (exact) mass is 275 g/mol. The number of hydrogen-bond acceptors (Lipinski definition) is 3. The van der Waals surface area contributed by atoms with Gasteiger partial charge in [-0.15, -0.1) is 0 Å². The van der Waals surface area contributed by atoms with Crippen LogP contribution in [0, 0.1) is 12.8 Å². The van der Waals surface area contributed by atoms with E-state index in [2.05, 4.69) is 22.1 Å². The van der Waals surface area contributed by atoms with Crippen LogP contribution < -0.4 is 5.32 Å². The molecule has 1 aliphatic rings. The smallest absolute Gasteiger partial charge is 0.252 e. The van der Waals surface area contributed by atoms with Crippen LogP contribution in [0.3, 0.4) is 0 Å². The molecule has 0 unspecified atom stereocenters. The second-order valence-electron chi connectivity index (χ2n) is 5.82. The Morgan fingerprint density at radius 3 is 2.80 bits per heavy atom. The lowest BCUT2D eigenvalue weighted by atomic mass is 9.99. The lowest BCUT2D eigenvalue weighted by Gasteiger charge is -2.30. The van der Waals surface area contributed by atoms with E-state index in [9.17, 15) is 4.79 Å². The zero-order valence-corrected chi connectivity index (χ0v) is 12.6. The molecular weight excluding hydrogens is 250 g/mol. The Hall–Kier alpha value is -1.42. The lowest BCUT2D eigenvalue weighted by molar-refractivity contribution is 0.0950. The zero-order chi connectivity index (χ0) is 14.4. The molecule has 0 aliphatic carbocycles. The molecule has 1 aliphatic heterocycles. The molecule has 0 spiro atoms.